The van der Waals surface area contributed by atoms with Crippen molar-refractivity contribution in [3.05, 3.63) is 53.5 Å². The molecule has 20 heavy (non-hydrogen) atoms. The number of furan rings is 1. The Hall–Kier alpha value is -2.36. The van der Waals surface area contributed by atoms with Gasteiger partial charge in [-0.05, 0) is 38.1 Å². The summed E-state index contributed by atoms with van der Waals surface area (Å²) < 4.78 is 5.41. The average Bonchev–Trinajstić information content (AvgIpc) is 2.82. The number of amides is 1. The van der Waals surface area contributed by atoms with Crippen molar-refractivity contribution in [1.82, 2.24) is 0 Å². The van der Waals surface area contributed by atoms with Crippen LogP contribution in [0.25, 0.3) is 0 Å². The Morgan fingerprint density at radius 2 is 2.00 bits per heavy atom. The molecule has 0 aliphatic carbocycles. The minimum atomic E-state index is -0.0974. The molecule has 0 bridgehead atoms. The van der Waals surface area contributed by atoms with Crippen LogP contribution >= 0.6 is 0 Å². The minimum Gasteiger partial charge on any atom is -0.466 e. The van der Waals surface area contributed by atoms with Gasteiger partial charge in [0.25, 0.3) is 0 Å². The molecule has 0 unspecified atom stereocenters. The summed E-state index contributed by atoms with van der Waals surface area (Å²) in [6, 6.07) is 10.7. The van der Waals surface area contributed by atoms with Crippen molar-refractivity contribution in [3.8, 4) is 0 Å². The fraction of sp³-hybridized carbons (Fsp3) is 0.250. The molecule has 0 aliphatic heterocycles. The molecule has 0 spiro atoms. The van der Waals surface area contributed by atoms with Gasteiger partial charge in [0, 0.05) is 24.1 Å². The van der Waals surface area contributed by atoms with Crippen LogP contribution in [-0.2, 0) is 11.2 Å². The van der Waals surface area contributed by atoms with Crippen LogP contribution in [-0.4, -0.2) is 11.7 Å². The first-order valence-electron chi connectivity index (χ1n) is 6.51. The molecule has 1 aromatic heterocycles. The van der Waals surface area contributed by atoms with Crippen LogP contribution in [0.1, 0.15) is 35.2 Å². The van der Waals surface area contributed by atoms with E-state index in [9.17, 15) is 9.59 Å². The van der Waals surface area contributed by atoms with Gasteiger partial charge in [0.2, 0.25) is 5.91 Å². The van der Waals surface area contributed by atoms with Gasteiger partial charge in [0.05, 0.1) is 0 Å². The normalized spacial score (nSPS) is 10.3. The van der Waals surface area contributed by atoms with Crippen LogP contribution in [0.5, 0.6) is 0 Å². The van der Waals surface area contributed by atoms with Gasteiger partial charge in [-0.25, -0.2) is 0 Å². The van der Waals surface area contributed by atoms with Gasteiger partial charge >= 0.3 is 0 Å². The van der Waals surface area contributed by atoms with Crippen LogP contribution < -0.4 is 5.32 Å². The van der Waals surface area contributed by atoms with E-state index < -0.39 is 0 Å². The lowest BCUT2D eigenvalue weighted by atomic mass is 10.1. The van der Waals surface area contributed by atoms with Crippen molar-refractivity contribution in [1.29, 1.82) is 0 Å². The number of benzene rings is 1. The number of rotatable bonds is 5. The Labute approximate surface area is 117 Å². The number of anilines is 1. The number of aryl methyl sites for hydroxylation is 2. The van der Waals surface area contributed by atoms with Crippen LogP contribution in [0.2, 0.25) is 0 Å². The maximum Gasteiger partial charge on any atom is 0.224 e. The molecule has 1 N–H and O–H groups in total. The zero-order valence-electron chi connectivity index (χ0n) is 11.6. The summed E-state index contributed by atoms with van der Waals surface area (Å²) in [6.07, 6.45) is 0.906. The maximum absolute atomic E-state index is 11.8. The Bertz CT molecular complexity index is 628. The number of Topliss-reactive ketones (excluding diaryl/α,β-unsaturated/α-hetero) is 1. The third-order valence-electron chi connectivity index (χ3n) is 2.95. The van der Waals surface area contributed by atoms with Crippen molar-refractivity contribution in [2.45, 2.75) is 26.7 Å². The van der Waals surface area contributed by atoms with Crippen LogP contribution in [0.4, 0.5) is 5.69 Å². The van der Waals surface area contributed by atoms with Crippen molar-refractivity contribution >= 4 is 17.4 Å². The molecular weight excluding hydrogens is 254 g/mol. The molecule has 0 fully saturated rings. The Kier molecular flexibility index (Phi) is 4.35. The predicted molar refractivity (Wildman–Crippen MR) is 76.8 cm³/mol. The SMILES string of the molecule is CC(=O)c1cccc(NC(=O)CCc2ccc(C)o2)c1. The third-order valence-corrected chi connectivity index (χ3v) is 2.95. The van der Waals surface area contributed by atoms with E-state index in [1.807, 2.05) is 19.1 Å². The largest absolute Gasteiger partial charge is 0.466 e. The molecule has 0 saturated carbocycles. The molecule has 4 heteroatoms. The molecule has 0 saturated heterocycles. The highest BCUT2D eigenvalue weighted by atomic mass is 16.3. The fourth-order valence-electron chi connectivity index (χ4n) is 1.90. The summed E-state index contributed by atoms with van der Waals surface area (Å²) in [5.74, 6) is 1.52. The van der Waals surface area contributed by atoms with Crippen molar-refractivity contribution in [3.63, 3.8) is 0 Å². The number of carbonyl (C=O) groups is 2. The van der Waals surface area contributed by atoms with Gasteiger partial charge < -0.3 is 9.73 Å². The standard InChI is InChI=1S/C16H17NO3/c1-11-6-7-15(20-11)8-9-16(19)17-14-5-3-4-13(10-14)12(2)18/h3-7,10H,8-9H2,1-2H3,(H,17,19). The molecule has 104 valence electrons. The Balaban J connectivity index is 1.91. The number of hydrogen-bond acceptors (Lipinski definition) is 3. The third kappa shape index (κ3) is 3.82. The predicted octanol–water partition coefficient (Wildman–Crippen LogP) is 3.36. The first kappa shape index (κ1) is 14.1. The van der Waals surface area contributed by atoms with Crippen molar-refractivity contribution in [2.24, 2.45) is 0 Å². The lowest BCUT2D eigenvalue weighted by molar-refractivity contribution is -0.116. The van der Waals surface area contributed by atoms with E-state index in [1.165, 1.54) is 6.92 Å². The van der Waals surface area contributed by atoms with E-state index in [0.29, 0.717) is 24.1 Å². The number of hydrogen-bond donors (Lipinski definition) is 1. The smallest absolute Gasteiger partial charge is 0.224 e. The van der Waals surface area contributed by atoms with Gasteiger partial charge in [-0.15, -0.1) is 0 Å². The van der Waals surface area contributed by atoms with E-state index in [1.54, 1.807) is 24.3 Å². The first-order chi connectivity index (χ1) is 9.54. The second kappa shape index (κ2) is 6.19. The van der Waals surface area contributed by atoms with E-state index in [0.717, 1.165) is 11.5 Å². The van der Waals surface area contributed by atoms with Crippen LogP contribution in [0.3, 0.4) is 0 Å². The van der Waals surface area contributed by atoms with Gasteiger partial charge in [0.1, 0.15) is 11.5 Å². The molecule has 0 atom stereocenters. The highest BCUT2D eigenvalue weighted by Crippen LogP contribution is 2.13. The average molecular weight is 271 g/mol. The lowest BCUT2D eigenvalue weighted by Crippen LogP contribution is -2.12. The molecular formula is C16H17NO3. The second-order valence-electron chi connectivity index (χ2n) is 4.70. The van der Waals surface area contributed by atoms with Gasteiger partial charge in [-0.3, -0.25) is 9.59 Å². The minimum absolute atomic E-state index is 0.0211. The molecule has 2 rings (SSSR count). The van der Waals surface area contributed by atoms with Gasteiger partial charge in [0.15, 0.2) is 5.78 Å². The zero-order chi connectivity index (χ0) is 14.5. The second-order valence-corrected chi connectivity index (χ2v) is 4.70. The molecule has 1 aromatic carbocycles. The molecule has 0 radical (unpaired) electrons. The lowest BCUT2D eigenvalue weighted by Gasteiger charge is -2.05. The summed E-state index contributed by atoms with van der Waals surface area (Å²) in [4.78, 5) is 23.1. The van der Waals surface area contributed by atoms with E-state index >= 15 is 0 Å². The summed E-state index contributed by atoms with van der Waals surface area (Å²) >= 11 is 0. The first-order valence-corrected chi connectivity index (χ1v) is 6.51. The zero-order valence-corrected chi connectivity index (χ0v) is 11.6. The van der Waals surface area contributed by atoms with Crippen molar-refractivity contribution in [2.75, 3.05) is 5.32 Å². The topological polar surface area (TPSA) is 59.3 Å². The summed E-state index contributed by atoms with van der Waals surface area (Å²) in [7, 11) is 0. The summed E-state index contributed by atoms with van der Waals surface area (Å²) in [5, 5.41) is 2.78. The number of carbonyl (C=O) groups excluding carboxylic acids is 2. The Morgan fingerprint density at radius 1 is 1.20 bits per heavy atom. The maximum atomic E-state index is 11.8. The highest BCUT2D eigenvalue weighted by molar-refractivity contribution is 5.97. The molecule has 2 aromatic rings. The molecule has 0 aliphatic rings. The number of nitrogens with one attached hydrogen (secondary N) is 1. The highest BCUT2D eigenvalue weighted by Gasteiger charge is 2.07. The van der Waals surface area contributed by atoms with Gasteiger partial charge in [-0.2, -0.15) is 0 Å². The Morgan fingerprint density at radius 3 is 2.65 bits per heavy atom. The van der Waals surface area contributed by atoms with E-state index in [2.05, 4.69) is 5.32 Å². The van der Waals surface area contributed by atoms with Crippen LogP contribution in [0, 0.1) is 6.92 Å². The van der Waals surface area contributed by atoms with Gasteiger partial charge in [-0.1, -0.05) is 12.1 Å². The van der Waals surface area contributed by atoms with E-state index in [-0.39, 0.29) is 11.7 Å². The molecule has 1 amide bonds. The summed E-state index contributed by atoms with van der Waals surface area (Å²) in [5.41, 5.74) is 1.22. The van der Waals surface area contributed by atoms with Crippen molar-refractivity contribution < 1.29 is 14.0 Å². The number of ketones is 1. The van der Waals surface area contributed by atoms with E-state index in [4.69, 9.17) is 4.42 Å². The van der Waals surface area contributed by atoms with Crippen LogP contribution in [0.15, 0.2) is 40.8 Å². The summed E-state index contributed by atoms with van der Waals surface area (Å²) in [6.45, 7) is 3.37. The quantitative estimate of drug-likeness (QED) is 0.848. The fourth-order valence-corrected chi connectivity index (χ4v) is 1.90. The monoisotopic (exact) mass is 271 g/mol. The molecule has 4 nitrogen and oxygen atoms in total. The molecule has 1 heterocycles.